The van der Waals surface area contributed by atoms with Gasteiger partial charge in [0.15, 0.2) is 11.5 Å². The number of rotatable bonds is 4. The number of likely N-dealkylation sites (tertiary alicyclic amines) is 1. The van der Waals surface area contributed by atoms with E-state index < -0.39 is 11.7 Å². The van der Waals surface area contributed by atoms with E-state index in [9.17, 15) is 14.6 Å². The highest BCUT2D eigenvalue weighted by molar-refractivity contribution is 5.44. The van der Waals surface area contributed by atoms with Crippen LogP contribution in [0.4, 0.5) is 4.39 Å². The molecule has 2 heterocycles. The molecule has 0 aromatic heterocycles. The van der Waals surface area contributed by atoms with Crippen LogP contribution in [0.2, 0.25) is 0 Å². The maximum Gasteiger partial charge on any atom is 0.161 e. The molecule has 5 nitrogen and oxygen atoms in total. The maximum absolute atomic E-state index is 14.1. The Morgan fingerprint density at radius 3 is 2.48 bits per heavy atom. The molecule has 1 saturated heterocycles. The number of nitrogens with zero attached hydrogens (tertiary/aromatic N) is 1. The fraction of sp³-hybridized carbons (Fsp3) is 0.429. The number of β-amino-alcohol motifs (C(OH)–C–C–N with tert-alkyl or cyclic N) is 1. The van der Waals surface area contributed by atoms with Gasteiger partial charge in [-0.2, -0.15) is 0 Å². The van der Waals surface area contributed by atoms with Crippen molar-refractivity contribution in [2.24, 2.45) is 0 Å². The summed E-state index contributed by atoms with van der Waals surface area (Å²) >= 11 is 0. The van der Waals surface area contributed by atoms with Crippen LogP contribution in [0.5, 0.6) is 11.5 Å². The number of hydrogen-bond acceptors (Lipinski definition) is 5. The fourth-order valence-corrected chi connectivity index (χ4v) is 3.83. The van der Waals surface area contributed by atoms with Crippen molar-refractivity contribution in [2.45, 2.75) is 24.5 Å². The standard InChI is InChI=1S/C21H24FNO4/c22-17-4-2-1-3-16(17)21(25)7-9-23(10-8-21)14-18(24)15-5-6-19-20(13-15)27-12-11-26-19/h1-6,13,18,24-25H,7-12,14H2/t18-/m0/s1. The minimum Gasteiger partial charge on any atom is -0.486 e. The zero-order valence-electron chi connectivity index (χ0n) is 15.1. The van der Waals surface area contributed by atoms with Crippen molar-refractivity contribution in [3.8, 4) is 11.5 Å². The molecule has 1 atom stereocenters. The smallest absolute Gasteiger partial charge is 0.161 e. The molecule has 2 aliphatic heterocycles. The Morgan fingerprint density at radius 2 is 1.74 bits per heavy atom. The zero-order valence-corrected chi connectivity index (χ0v) is 15.1. The first kappa shape index (κ1) is 18.2. The van der Waals surface area contributed by atoms with Gasteiger partial charge in [-0.15, -0.1) is 0 Å². The van der Waals surface area contributed by atoms with Gasteiger partial charge in [0.2, 0.25) is 0 Å². The van der Waals surface area contributed by atoms with Crippen molar-refractivity contribution in [3.05, 3.63) is 59.4 Å². The Morgan fingerprint density at radius 1 is 1.04 bits per heavy atom. The van der Waals surface area contributed by atoms with Crippen LogP contribution in [-0.4, -0.2) is 48.0 Å². The van der Waals surface area contributed by atoms with Crippen LogP contribution in [0.3, 0.4) is 0 Å². The predicted molar refractivity (Wildman–Crippen MR) is 98.4 cm³/mol. The average Bonchev–Trinajstić information content (AvgIpc) is 2.69. The molecule has 0 amide bonds. The van der Waals surface area contributed by atoms with Gasteiger partial charge in [0, 0.05) is 25.2 Å². The van der Waals surface area contributed by atoms with Gasteiger partial charge in [0.1, 0.15) is 19.0 Å². The predicted octanol–water partition coefficient (Wildman–Crippen LogP) is 2.61. The van der Waals surface area contributed by atoms with E-state index in [4.69, 9.17) is 9.47 Å². The lowest BCUT2D eigenvalue weighted by molar-refractivity contribution is -0.0367. The van der Waals surface area contributed by atoms with Crippen molar-refractivity contribution in [2.75, 3.05) is 32.8 Å². The van der Waals surface area contributed by atoms with Gasteiger partial charge in [0.25, 0.3) is 0 Å². The van der Waals surface area contributed by atoms with E-state index in [1.54, 1.807) is 18.2 Å². The quantitative estimate of drug-likeness (QED) is 0.863. The highest BCUT2D eigenvalue weighted by Crippen LogP contribution is 2.36. The highest BCUT2D eigenvalue weighted by Gasteiger charge is 2.36. The second-order valence-electron chi connectivity index (χ2n) is 7.23. The van der Waals surface area contributed by atoms with E-state index in [0.29, 0.717) is 62.8 Å². The summed E-state index contributed by atoms with van der Waals surface area (Å²) in [6, 6.07) is 11.9. The molecule has 0 radical (unpaired) electrons. The lowest BCUT2D eigenvalue weighted by Crippen LogP contribution is -2.44. The average molecular weight is 373 g/mol. The zero-order chi connectivity index (χ0) is 18.9. The lowest BCUT2D eigenvalue weighted by Gasteiger charge is -2.39. The van der Waals surface area contributed by atoms with Crippen molar-refractivity contribution >= 4 is 0 Å². The Kier molecular flexibility index (Phi) is 5.04. The summed E-state index contributed by atoms with van der Waals surface area (Å²) in [4.78, 5) is 2.09. The summed E-state index contributed by atoms with van der Waals surface area (Å²) in [6.45, 7) is 2.67. The third-order valence-electron chi connectivity index (χ3n) is 5.44. The van der Waals surface area contributed by atoms with Gasteiger partial charge in [0.05, 0.1) is 11.7 Å². The van der Waals surface area contributed by atoms with Gasteiger partial charge in [-0.1, -0.05) is 24.3 Å². The molecule has 144 valence electrons. The number of fused-ring (bicyclic) bond motifs is 1. The molecule has 27 heavy (non-hydrogen) atoms. The molecule has 0 aliphatic carbocycles. The van der Waals surface area contributed by atoms with Crippen LogP contribution in [0, 0.1) is 5.82 Å². The summed E-state index contributed by atoms with van der Waals surface area (Å²) in [5.74, 6) is 0.986. The maximum atomic E-state index is 14.1. The van der Waals surface area contributed by atoms with Gasteiger partial charge < -0.3 is 24.6 Å². The monoisotopic (exact) mass is 373 g/mol. The second-order valence-corrected chi connectivity index (χ2v) is 7.23. The number of hydrogen-bond donors (Lipinski definition) is 2. The van der Waals surface area contributed by atoms with Gasteiger partial charge >= 0.3 is 0 Å². The van der Waals surface area contributed by atoms with E-state index >= 15 is 0 Å². The first-order chi connectivity index (χ1) is 13.0. The van der Waals surface area contributed by atoms with Crippen molar-refractivity contribution < 1.29 is 24.1 Å². The number of aliphatic hydroxyl groups excluding tert-OH is 1. The summed E-state index contributed by atoms with van der Waals surface area (Å²) in [5.41, 5.74) is -0.0183. The lowest BCUT2D eigenvalue weighted by atomic mass is 9.84. The highest BCUT2D eigenvalue weighted by atomic mass is 19.1. The minimum absolute atomic E-state index is 0.358. The van der Waals surface area contributed by atoms with Crippen LogP contribution in [-0.2, 0) is 5.60 Å². The van der Waals surface area contributed by atoms with Crippen LogP contribution < -0.4 is 9.47 Å². The number of benzene rings is 2. The normalized spacial score (nSPS) is 20.3. The molecule has 2 N–H and O–H groups in total. The fourth-order valence-electron chi connectivity index (χ4n) is 3.83. The molecule has 4 rings (SSSR count). The van der Waals surface area contributed by atoms with E-state index in [-0.39, 0.29) is 5.82 Å². The topological polar surface area (TPSA) is 62.2 Å². The molecular formula is C21H24FNO4. The molecule has 2 aliphatic rings. The first-order valence-electron chi connectivity index (χ1n) is 9.32. The summed E-state index contributed by atoms with van der Waals surface area (Å²) in [7, 11) is 0. The van der Waals surface area contributed by atoms with Crippen LogP contribution >= 0.6 is 0 Å². The van der Waals surface area contributed by atoms with Crippen LogP contribution in [0.1, 0.15) is 30.1 Å². The Hall–Kier alpha value is -2.15. The molecule has 2 aromatic carbocycles. The third-order valence-corrected chi connectivity index (χ3v) is 5.44. The number of halogens is 1. The second kappa shape index (κ2) is 7.46. The Balaban J connectivity index is 1.38. The van der Waals surface area contributed by atoms with E-state index in [1.807, 2.05) is 18.2 Å². The molecular weight excluding hydrogens is 349 g/mol. The number of aliphatic hydroxyl groups is 2. The Bertz CT molecular complexity index is 805. The Labute approximate surface area is 158 Å². The van der Waals surface area contributed by atoms with Gasteiger partial charge in [-0.3, -0.25) is 0 Å². The van der Waals surface area contributed by atoms with Crippen LogP contribution in [0.15, 0.2) is 42.5 Å². The summed E-state index contributed by atoms with van der Waals surface area (Å²) < 4.78 is 25.1. The molecule has 6 heteroatoms. The van der Waals surface area contributed by atoms with Crippen molar-refractivity contribution in [1.82, 2.24) is 4.90 Å². The minimum atomic E-state index is -1.15. The van der Waals surface area contributed by atoms with E-state index in [0.717, 1.165) is 5.56 Å². The van der Waals surface area contributed by atoms with Crippen LogP contribution in [0.25, 0.3) is 0 Å². The van der Waals surface area contributed by atoms with E-state index in [1.165, 1.54) is 6.07 Å². The van der Waals surface area contributed by atoms with Gasteiger partial charge in [-0.05, 0) is 36.6 Å². The molecule has 2 aromatic rings. The van der Waals surface area contributed by atoms with Crippen molar-refractivity contribution in [3.63, 3.8) is 0 Å². The molecule has 0 spiro atoms. The first-order valence-corrected chi connectivity index (χ1v) is 9.32. The van der Waals surface area contributed by atoms with Gasteiger partial charge in [-0.25, -0.2) is 4.39 Å². The summed E-state index contributed by atoms with van der Waals surface area (Å²) in [6.07, 6.45) is 0.198. The SMILES string of the molecule is O[C@@H](CN1CCC(O)(c2ccccc2F)CC1)c1ccc2c(c1)OCCO2. The molecule has 1 fully saturated rings. The van der Waals surface area contributed by atoms with Crippen molar-refractivity contribution in [1.29, 1.82) is 0 Å². The van der Waals surface area contributed by atoms with E-state index in [2.05, 4.69) is 4.90 Å². The summed E-state index contributed by atoms with van der Waals surface area (Å²) in [5, 5.41) is 21.5. The molecule has 0 unspecified atom stereocenters. The number of ether oxygens (including phenoxy) is 2. The number of piperidine rings is 1. The third kappa shape index (κ3) is 3.78. The molecule has 0 bridgehead atoms. The molecule has 0 saturated carbocycles. The largest absolute Gasteiger partial charge is 0.486 e.